The van der Waals surface area contributed by atoms with Crippen molar-refractivity contribution in [3.63, 3.8) is 0 Å². The number of carbonyl (C=O) groups excluding carboxylic acids is 2. The Balaban J connectivity index is 1.55. The summed E-state index contributed by atoms with van der Waals surface area (Å²) in [5.41, 5.74) is 0.921. The normalized spacial score (nSPS) is 24.5. The lowest BCUT2D eigenvalue weighted by Crippen LogP contribution is -2.49. The molecule has 2 aromatic carbocycles. The Morgan fingerprint density at radius 3 is 2.70 bits per heavy atom. The smallest absolute Gasteiger partial charge is 0.343 e. The van der Waals surface area contributed by atoms with Crippen LogP contribution in [0.3, 0.4) is 0 Å². The minimum atomic E-state index is -2.21. The number of hydrogen-bond donors (Lipinski definition) is 2. The lowest BCUT2D eigenvalue weighted by Gasteiger charge is -2.45. The maximum atomic E-state index is 13.3. The topological polar surface area (TPSA) is 99.5 Å². The number of anilines is 1. The lowest BCUT2D eigenvalue weighted by molar-refractivity contribution is -0.168. The SMILES string of the molecule is C=CC(C)CN(C)C(=O)CC(O)(C(=O)OC)c1ccc2c(c1)N(C[C@@H]1CC[C@H]1C(O)C=C)C[C@@]1(CCCc3cc(Cl)ccc31)CO2. The summed E-state index contributed by atoms with van der Waals surface area (Å²) >= 11 is 6.41. The maximum Gasteiger partial charge on any atom is 0.343 e. The number of carbonyl (C=O) groups is 2. The number of esters is 1. The van der Waals surface area contributed by atoms with Gasteiger partial charge >= 0.3 is 5.97 Å². The second kappa shape index (κ2) is 13.8. The Bertz CT molecular complexity index is 1480. The van der Waals surface area contributed by atoms with Crippen LogP contribution in [0.5, 0.6) is 5.75 Å². The van der Waals surface area contributed by atoms with Crippen LogP contribution in [-0.4, -0.2) is 73.5 Å². The fraction of sp³-hybridized carbons (Fsp3) is 0.514. The summed E-state index contributed by atoms with van der Waals surface area (Å²) < 4.78 is 11.7. The first-order valence-electron chi connectivity index (χ1n) is 16.2. The first-order chi connectivity index (χ1) is 21.9. The Kier molecular flexibility index (Phi) is 10.2. The summed E-state index contributed by atoms with van der Waals surface area (Å²) in [5.74, 6) is -0.306. The van der Waals surface area contributed by atoms with Gasteiger partial charge in [-0.05, 0) is 90.8 Å². The third kappa shape index (κ3) is 6.57. The van der Waals surface area contributed by atoms with Gasteiger partial charge in [-0.15, -0.1) is 13.2 Å². The summed E-state index contributed by atoms with van der Waals surface area (Å²) in [5, 5.41) is 23.3. The number of ether oxygens (including phenoxy) is 2. The zero-order valence-electron chi connectivity index (χ0n) is 27.2. The van der Waals surface area contributed by atoms with Crippen LogP contribution in [-0.2, 0) is 31.8 Å². The van der Waals surface area contributed by atoms with Gasteiger partial charge in [0.25, 0.3) is 0 Å². The predicted molar refractivity (Wildman–Crippen MR) is 180 cm³/mol. The molecule has 3 aliphatic rings. The number of hydrogen-bond acceptors (Lipinski definition) is 7. The molecule has 8 nitrogen and oxygen atoms in total. The number of aryl methyl sites for hydroxylation is 1. The zero-order valence-corrected chi connectivity index (χ0v) is 28.0. The van der Waals surface area contributed by atoms with Gasteiger partial charge in [0.1, 0.15) is 5.75 Å². The van der Waals surface area contributed by atoms with Gasteiger partial charge in [-0.2, -0.15) is 0 Å². The van der Waals surface area contributed by atoms with Crippen molar-refractivity contribution in [3.05, 3.63) is 83.4 Å². The zero-order chi connectivity index (χ0) is 33.2. The predicted octanol–water partition coefficient (Wildman–Crippen LogP) is 5.42. The number of rotatable bonds is 11. The van der Waals surface area contributed by atoms with E-state index in [1.807, 2.05) is 13.0 Å². The highest BCUT2D eigenvalue weighted by atomic mass is 35.5. The molecule has 2 aromatic rings. The number of amides is 1. The second-order valence-corrected chi connectivity index (χ2v) is 14.0. The summed E-state index contributed by atoms with van der Waals surface area (Å²) in [6, 6.07) is 11.3. The minimum Gasteiger partial charge on any atom is -0.490 e. The molecule has 9 heteroatoms. The highest BCUT2D eigenvalue weighted by Gasteiger charge is 2.46. The molecule has 0 saturated heterocycles. The third-order valence-corrected chi connectivity index (χ3v) is 10.7. The van der Waals surface area contributed by atoms with Crippen LogP contribution in [0.25, 0.3) is 0 Å². The van der Waals surface area contributed by atoms with Crippen molar-refractivity contribution in [3.8, 4) is 5.75 Å². The Morgan fingerprint density at radius 2 is 2.02 bits per heavy atom. The molecule has 1 spiro atoms. The van der Waals surface area contributed by atoms with Gasteiger partial charge in [0.15, 0.2) is 5.60 Å². The van der Waals surface area contributed by atoms with E-state index in [9.17, 15) is 19.8 Å². The van der Waals surface area contributed by atoms with Crippen molar-refractivity contribution < 1.29 is 29.3 Å². The van der Waals surface area contributed by atoms with Crippen LogP contribution in [0.1, 0.15) is 55.7 Å². The maximum absolute atomic E-state index is 13.3. The number of benzene rings is 2. The molecule has 0 bridgehead atoms. The number of aliphatic hydroxyl groups is 2. The molecule has 0 radical (unpaired) electrons. The molecule has 2 aliphatic carbocycles. The van der Waals surface area contributed by atoms with E-state index in [-0.39, 0.29) is 28.7 Å². The molecule has 0 aromatic heterocycles. The van der Waals surface area contributed by atoms with Gasteiger partial charge in [0, 0.05) is 37.1 Å². The van der Waals surface area contributed by atoms with Crippen molar-refractivity contribution in [1.29, 1.82) is 0 Å². The molecular formula is C37H47ClN2O6. The van der Waals surface area contributed by atoms with Gasteiger partial charge in [0.2, 0.25) is 5.91 Å². The van der Waals surface area contributed by atoms with Crippen molar-refractivity contribution >= 4 is 29.2 Å². The molecule has 5 rings (SSSR count). The second-order valence-electron chi connectivity index (χ2n) is 13.5. The lowest BCUT2D eigenvalue weighted by atomic mass is 9.68. The molecule has 1 amide bonds. The van der Waals surface area contributed by atoms with Crippen LogP contribution in [0, 0.1) is 17.8 Å². The minimum absolute atomic E-state index is 0.0431. The van der Waals surface area contributed by atoms with Gasteiger partial charge in [-0.1, -0.05) is 42.8 Å². The fourth-order valence-electron chi connectivity index (χ4n) is 7.52. The number of nitrogens with zero attached hydrogens (tertiary/aromatic N) is 2. The quantitative estimate of drug-likeness (QED) is 0.248. The molecule has 46 heavy (non-hydrogen) atoms. The molecule has 1 fully saturated rings. The van der Waals surface area contributed by atoms with Crippen molar-refractivity contribution in [2.24, 2.45) is 17.8 Å². The van der Waals surface area contributed by atoms with E-state index in [4.69, 9.17) is 21.1 Å². The van der Waals surface area contributed by atoms with E-state index >= 15 is 0 Å². The van der Waals surface area contributed by atoms with Gasteiger partial charge in [-0.3, -0.25) is 4.79 Å². The highest BCUT2D eigenvalue weighted by Crippen LogP contribution is 2.47. The highest BCUT2D eigenvalue weighted by molar-refractivity contribution is 6.30. The van der Waals surface area contributed by atoms with E-state index < -0.39 is 30.0 Å². The van der Waals surface area contributed by atoms with Crippen molar-refractivity contribution in [2.75, 3.05) is 45.3 Å². The Morgan fingerprint density at radius 1 is 1.24 bits per heavy atom. The monoisotopic (exact) mass is 650 g/mol. The van der Waals surface area contributed by atoms with Gasteiger partial charge in [0.05, 0.1) is 31.9 Å². The molecule has 1 heterocycles. The molecular weight excluding hydrogens is 604 g/mol. The number of fused-ring (bicyclic) bond motifs is 3. The van der Waals surface area contributed by atoms with Crippen LogP contribution in [0.2, 0.25) is 5.02 Å². The van der Waals surface area contributed by atoms with E-state index in [0.717, 1.165) is 37.8 Å². The van der Waals surface area contributed by atoms with E-state index in [1.165, 1.54) is 23.1 Å². The average Bonchev–Trinajstić information content (AvgIpc) is 3.18. The van der Waals surface area contributed by atoms with Crippen LogP contribution in [0.4, 0.5) is 5.69 Å². The summed E-state index contributed by atoms with van der Waals surface area (Å²) in [7, 11) is 2.85. The molecule has 1 aliphatic heterocycles. The molecule has 1 saturated carbocycles. The Labute approximate surface area is 277 Å². The Hall–Kier alpha value is -3.33. The van der Waals surface area contributed by atoms with E-state index in [2.05, 4.69) is 30.2 Å². The number of aliphatic hydroxyl groups excluding tert-OH is 1. The number of methoxy groups -OCH3 is 1. The van der Waals surface area contributed by atoms with Crippen molar-refractivity contribution in [1.82, 2.24) is 4.90 Å². The van der Waals surface area contributed by atoms with Crippen LogP contribution < -0.4 is 9.64 Å². The van der Waals surface area contributed by atoms with Crippen LogP contribution >= 0.6 is 11.6 Å². The van der Waals surface area contributed by atoms with E-state index in [0.29, 0.717) is 37.0 Å². The molecule has 2 N–H and O–H groups in total. The fourth-order valence-corrected chi connectivity index (χ4v) is 7.72. The molecule has 3 unspecified atom stereocenters. The summed E-state index contributed by atoms with van der Waals surface area (Å²) in [6.45, 7) is 11.7. The van der Waals surface area contributed by atoms with E-state index in [1.54, 1.807) is 37.4 Å². The standard InChI is InChI=1S/C37H47ClN2O6/c1-6-24(3)20-39(4)34(42)19-37(44,35(43)45-5)27-11-15-33-31(18-27)40(21-26-10-13-29(26)32(41)7-2)22-36(23-46-33)16-8-9-25-17-28(38)12-14-30(25)36/h6-7,11-12,14-15,17-18,24,26,29,32,41,44H,1-2,8-10,13,16,19-23H2,3-5H3/t24?,26-,29+,32?,36-,37?/m0/s1. The summed E-state index contributed by atoms with van der Waals surface area (Å²) in [6.07, 6.45) is 7.06. The van der Waals surface area contributed by atoms with Gasteiger partial charge < -0.3 is 29.5 Å². The largest absolute Gasteiger partial charge is 0.490 e. The first-order valence-corrected chi connectivity index (χ1v) is 16.6. The molecule has 6 atom stereocenters. The number of halogens is 1. The first kappa shape index (κ1) is 34.0. The summed E-state index contributed by atoms with van der Waals surface area (Å²) in [4.78, 5) is 30.3. The van der Waals surface area contributed by atoms with Crippen molar-refractivity contribution in [2.45, 2.75) is 62.6 Å². The molecule has 248 valence electrons. The van der Waals surface area contributed by atoms with Crippen LogP contribution in [0.15, 0.2) is 61.7 Å². The third-order valence-electron chi connectivity index (χ3n) is 10.4. The average molecular weight is 651 g/mol. The van der Waals surface area contributed by atoms with Gasteiger partial charge in [-0.25, -0.2) is 4.79 Å².